The lowest BCUT2D eigenvalue weighted by Crippen LogP contribution is -2.03. The van der Waals surface area contributed by atoms with E-state index in [9.17, 15) is 21.7 Å². The molecular formula is C6H5NO7S2. The van der Waals surface area contributed by atoms with Gasteiger partial charge in [-0.2, -0.15) is 16.8 Å². The first kappa shape index (κ1) is 12.7. The van der Waals surface area contributed by atoms with Gasteiger partial charge in [-0.3, -0.25) is 9.11 Å². The van der Waals surface area contributed by atoms with Crippen LogP contribution >= 0.6 is 0 Å². The zero-order valence-corrected chi connectivity index (χ0v) is 9.06. The van der Waals surface area contributed by atoms with Gasteiger partial charge in [0.05, 0.1) is 9.79 Å². The van der Waals surface area contributed by atoms with Crippen LogP contribution in [0, 0.1) is 4.91 Å². The predicted molar refractivity (Wildman–Crippen MR) is 51.5 cm³/mol. The molecule has 8 nitrogen and oxygen atoms in total. The van der Waals surface area contributed by atoms with Crippen molar-refractivity contribution in [1.82, 2.24) is 0 Å². The molecule has 0 amide bonds. The summed E-state index contributed by atoms with van der Waals surface area (Å²) in [5.41, 5.74) is -0.553. The van der Waals surface area contributed by atoms with Crippen molar-refractivity contribution < 1.29 is 25.9 Å². The monoisotopic (exact) mass is 267 g/mol. The molecule has 0 aliphatic rings. The molecule has 0 fully saturated rings. The Balaban J connectivity index is 3.64. The molecule has 0 saturated carbocycles. The maximum Gasteiger partial charge on any atom is 0.294 e. The molecular weight excluding hydrogens is 262 g/mol. The van der Waals surface area contributed by atoms with Gasteiger partial charge < -0.3 is 0 Å². The molecule has 1 aromatic carbocycles. The minimum atomic E-state index is -4.69. The SMILES string of the molecule is O=Nc1cc(S(=O)(=O)O)cc(S(=O)(=O)O)c1. The van der Waals surface area contributed by atoms with Crippen LogP contribution in [0.1, 0.15) is 0 Å². The molecule has 0 aromatic heterocycles. The second-order valence-electron chi connectivity index (χ2n) is 2.70. The number of benzene rings is 1. The Morgan fingerprint density at radius 3 is 1.50 bits per heavy atom. The maximum atomic E-state index is 10.7. The van der Waals surface area contributed by atoms with Gasteiger partial charge in [-0.1, -0.05) is 0 Å². The van der Waals surface area contributed by atoms with Crippen LogP contribution in [0.2, 0.25) is 0 Å². The summed E-state index contributed by atoms with van der Waals surface area (Å²) in [6, 6.07) is 1.83. The van der Waals surface area contributed by atoms with E-state index in [1.54, 1.807) is 0 Å². The molecule has 1 rings (SSSR count). The average molecular weight is 267 g/mol. The van der Waals surface area contributed by atoms with Crippen molar-refractivity contribution in [2.75, 3.05) is 0 Å². The van der Waals surface area contributed by atoms with Crippen LogP contribution in [0.25, 0.3) is 0 Å². The van der Waals surface area contributed by atoms with Gasteiger partial charge in [-0.25, -0.2) is 0 Å². The van der Waals surface area contributed by atoms with Gasteiger partial charge in [0.25, 0.3) is 20.2 Å². The molecule has 0 atom stereocenters. The molecule has 88 valence electrons. The summed E-state index contributed by atoms with van der Waals surface area (Å²) in [6.45, 7) is 0. The predicted octanol–water partition coefficient (Wildman–Crippen LogP) is 0.578. The highest BCUT2D eigenvalue weighted by Gasteiger charge is 2.18. The van der Waals surface area contributed by atoms with Gasteiger partial charge in [0.2, 0.25) is 0 Å². The van der Waals surface area contributed by atoms with Crippen molar-refractivity contribution in [3.8, 4) is 0 Å². The first-order chi connectivity index (χ1) is 7.14. The summed E-state index contributed by atoms with van der Waals surface area (Å²) < 4.78 is 60.2. The van der Waals surface area contributed by atoms with Gasteiger partial charge in [-0.05, 0) is 23.4 Å². The third kappa shape index (κ3) is 2.82. The third-order valence-electron chi connectivity index (χ3n) is 1.57. The Hall–Kier alpha value is -1.36. The summed E-state index contributed by atoms with van der Waals surface area (Å²) in [6.07, 6.45) is 0. The van der Waals surface area contributed by atoms with E-state index in [-0.39, 0.29) is 0 Å². The Kier molecular flexibility index (Phi) is 3.10. The van der Waals surface area contributed by atoms with E-state index < -0.39 is 35.7 Å². The third-order valence-corrected chi connectivity index (χ3v) is 3.23. The maximum absolute atomic E-state index is 10.7. The van der Waals surface area contributed by atoms with Crippen LogP contribution in [0.4, 0.5) is 5.69 Å². The average Bonchev–Trinajstić information content (AvgIpc) is 2.14. The molecule has 0 saturated heterocycles. The Bertz CT molecular complexity index is 581. The standard InChI is InChI=1S/C6H5NO7S2/c8-7-4-1-5(15(9,10)11)3-6(2-4)16(12,13)14/h1-3H,(H,9,10,11)(H,12,13,14). The van der Waals surface area contributed by atoms with Crippen LogP contribution < -0.4 is 0 Å². The first-order valence-electron chi connectivity index (χ1n) is 3.58. The lowest BCUT2D eigenvalue weighted by Gasteiger charge is -2.01. The lowest BCUT2D eigenvalue weighted by atomic mass is 10.3. The molecule has 16 heavy (non-hydrogen) atoms. The van der Waals surface area contributed by atoms with E-state index >= 15 is 0 Å². The summed E-state index contributed by atoms with van der Waals surface area (Å²) >= 11 is 0. The second-order valence-corrected chi connectivity index (χ2v) is 5.55. The van der Waals surface area contributed by atoms with E-state index in [1.165, 1.54) is 0 Å². The molecule has 0 spiro atoms. The van der Waals surface area contributed by atoms with Gasteiger partial charge in [-0.15, -0.1) is 4.91 Å². The van der Waals surface area contributed by atoms with Crippen molar-refractivity contribution in [2.45, 2.75) is 9.79 Å². The lowest BCUT2D eigenvalue weighted by molar-refractivity contribution is 0.481. The second kappa shape index (κ2) is 3.90. The molecule has 0 bridgehead atoms. The highest BCUT2D eigenvalue weighted by Crippen LogP contribution is 2.23. The minimum absolute atomic E-state index is 0.499. The topological polar surface area (TPSA) is 138 Å². The van der Waals surface area contributed by atoms with Crippen LogP contribution in [-0.4, -0.2) is 25.9 Å². The fourth-order valence-electron chi connectivity index (χ4n) is 0.907. The number of nitroso groups, excluding NO2 is 1. The minimum Gasteiger partial charge on any atom is -0.282 e. The zero-order chi connectivity index (χ0) is 12.6. The fourth-order valence-corrected chi connectivity index (χ4v) is 2.07. The molecule has 0 aliphatic carbocycles. The van der Waals surface area contributed by atoms with Crippen molar-refractivity contribution in [3.05, 3.63) is 23.1 Å². The van der Waals surface area contributed by atoms with Crippen LogP contribution in [0.15, 0.2) is 33.2 Å². The number of nitrogens with zero attached hydrogens (tertiary/aromatic N) is 1. The van der Waals surface area contributed by atoms with Crippen molar-refractivity contribution in [3.63, 3.8) is 0 Å². The summed E-state index contributed by atoms with van der Waals surface area (Å²) in [7, 11) is -9.39. The quantitative estimate of drug-likeness (QED) is 0.603. The van der Waals surface area contributed by atoms with E-state index in [0.717, 1.165) is 0 Å². The highest BCUT2D eigenvalue weighted by atomic mass is 32.2. The zero-order valence-electron chi connectivity index (χ0n) is 7.43. The van der Waals surface area contributed by atoms with Crippen molar-refractivity contribution >= 4 is 25.9 Å². The van der Waals surface area contributed by atoms with Crippen LogP contribution in [0.3, 0.4) is 0 Å². The van der Waals surface area contributed by atoms with E-state index in [4.69, 9.17) is 9.11 Å². The highest BCUT2D eigenvalue weighted by molar-refractivity contribution is 7.86. The smallest absolute Gasteiger partial charge is 0.282 e. The van der Waals surface area contributed by atoms with Gasteiger partial charge in [0.1, 0.15) is 5.69 Å². The van der Waals surface area contributed by atoms with Crippen molar-refractivity contribution in [1.29, 1.82) is 0 Å². The number of rotatable bonds is 3. The van der Waals surface area contributed by atoms with Gasteiger partial charge in [0.15, 0.2) is 0 Å². The van der Waals surface area contributed by atoms with Crippen molar-refractivity contribution in [2.24, 2.45) is 5.18 Å². The van der Waals surface area contributed by atoms with Gasteiger partial charge in [0, 0.05) is 0 Å². The molecule has 10 heteroatoms. The van der Waals surface area contributed by atoms with E-state index in [1.807, 2.05) is 0 Å². The molecule has 0 unspecified atom stereocenters. The van der Waals surface area contributed by atoms with E-state index in [2.05, 4.69) is 5.18 Å². The first-order valence-corrected chi connectivity index (χ1v) is 6.46. The fraction of sp³-hybridized carbons (Fsp3) is 0. The number of hydrogen-bond acceptors (Lipinski definition) is 6. The number of hydrogen-bond donors (Lipinski definition) is 2. The summed E-state index contributed by atoms with van der Waals surface area (Å²) in [5.74, 6) is 0. The molecule has 1 aromatic rings. The normalized spacial score (nSPS) is 12.4. The summed E-state index contributed by atoms with van der Waals surface area (Å²) in [5, 5.41) is 2.32. The molecule has 0 aliphatic heterocycles. The molecule has 2 N–H and O–H groups in total. The Labute approximate surface area is 90.4 Å². The van der Waals surface area contributed by atoms with E-state index in [0.29, 0.717) is 18.2 Å². The Morgan fingerprint density at radius 2 is 1.25 bits per heavy atom. The Morgan fingerprint density at radius 1 is 0.875 bits per heavy atom. The largest absolute Gasteiger partial charge is 0.294 e. The molecule has 0 radical (unpaired) electrons. The van der Waals surface area contributed by atoms with Gasteiger partial charge >= 0.3 is 0 Å². The van der Waals surface area contributed by atoms with Crippen LogP contribution in [-0.2, 0) is 20.2 Å². The summed E-state index contributed by atoms with van der Waals surface area (Å²) in [4.78, 5) is 8.46. The van der Waals surface area contributed by atoms with Crippen LogP contribution in [0.5, 0.6) is 0 Å². The molecule has 0 heterocycles.